The lowest BCUT2D eigenvalue weighted by Gasteiger charge is -2.23. The van der Waals surface area contributed by atoms with Crippen LogP contribution in [0.2, 0.25) is 0 Å². The van der Waals surface area contributed by atoms with Crippen LogP contribution in [-0.4, -0.2) is 31.1 Å². The van der Waals surface area contributed by atoms with Crippen LogP contribution in [0.4, 0.5) is 13.2 Å². The smallest absolute Gasteiger partial charge is 0.464 e. The minimum atomic E-state index is -4.83. The Morgan fingerprint density at radius 2 is 1.76 bits per heavy atom. The molecular weight excluding hydrogens is 335 g/mol. The van der Waals surface area contributed by atoms with Crippen LogP contribution in [0.15, 0.2) is 42.5 Å². The summed E-state index contributed by atoms with van der Waals surface area (Å²) in [6, 6.07) is 9.44. The van der Waals surface area contributed by atoms with E-state index in [1.807, 2.05) is 44.2 Å². The quantitative estimate of drug-likeness (QED) is 0.229. The molecule has 0 saturated carbocycles. The van der Waals surface area contributed by atoms with Crippen molar-refractivity contribution in [3.8, 4) is 0 Å². The number of allylic oxidation sites excluding steroid dienone is 1. The molecule has 0 aromatic heterocycles. The second-order valence-electron chi connectivity index (χ2n) is 5.86. The van der Waals surface area contributed by atoms with E-state index in [-0.39, 0.29) is 12.7 Å². The molecule has 7 heteroatoms. The molecule has 0 radical (unpaired) electrons. The summed E-state index contributed by atoms with van der Waals surface area (Å²) < 4.78 is 53.1. The van der Waals surface area contributed by atoms with Crippen molar-refractivity contribution < 1.29 is 27.4 Å². The minimum Gasteiger partial charge on any atom is -0.464 e. The summed E-state index contributed by atoms with van der Waals surface area (Å²) in [6.45, 7) is 5.59. The van der Waals surface area contributed by atoms with Gasteiger partial charge in [0.1, 0.15) is 12.9 Å². The van der Waals surface area contributed by atoms with Crippen molar-refractivity contribution in [2.45, 2.75) is 45.8 Å². The fraction of sp³-hybridized carbons (Fsp3) is 0.500. The van der Waals surface area contributed by atoms with Gasteiger partial charge in [-0.05, 0) is 24.5 Å². The predicted octanol–water partition coefficient (Wildman–Crippen LogP) is 4.70. The molecule has 1 aromatic carbocycles. The zero-order valence-electron chi connectivity index (χ0n) is 14.5. The Balaban J connectivity index is 2.53. The summed E-state index contributed by atoms with van der Waals surface area (Å²) in [6.07, 6.45) is -3.38. The van der Waals surface area contributed by atoms with Gasteiger partial charge in [0.05, 0.1) is 12.7 Å². The highest BCUT2D eigenvalue weighted by atomic mass is 19.4. The molecule has 1 rings (SSSR count). The topological polar surface area (TPSA) is 51.5 Å². The lowest BCUT2D eigenvalue weighted by Crippen LogP contribution is -2.35. The van der Waals surface area contributed by atoms with E-state index >= 15 is 0 Å². The van der Waals surface area contributed by atoms with Crippen molar-refractivity contribution in [1.29, 1.82) is 5.41 Å². The molecule has 1 aromatic rings. The second kappa shape index (κ2) is 10.2. The first-order valence-corrected chi connectivity index (χ1v) is 7.94. The monoisotopic (exact) mass is 359 g/mol. The minimum absolute atomic E-state index is 0.0925. The number of ether oxygens (including phenoxy) is 3. The molecule has 4 nitrogen and oxygen atoms in total. The van der Waals surface area contributed by atoms with Crippen LogP contribution in [0.5, 0.6) is 0 Å². The van der Waals surface area contributed by atoms with Gasteiger partial charge in [-0.1, -0.05) is 50.3 Å². The largest absolute Gasteiger partial charge is 0.467 e. The normalized spacial score (nSPS) is 14.7. The van der Waals surface area contributed by atoms with E-state index in [2.05, 4.69) is 0 Å². The summed E-state index contributed by atoms with van der Waals surface area (Å²) in [4.78, 5) is 0. The Hall–Kier alpha value is -1.86. The molecule has 0 aliphatic rings. The van der Waals surface area contributed by atoms with Gasteiger partial charge >= 0.3 is 6.18 Å². The fourth-order valence-electron chi connectivity index (χ4n) is 1.81. The molecule has 0 aliphatic carbocycles. The highest BCUT2D eigenvalue weighted by Crippen LogP contribution is 2.20. The molecule has 1 N–H and O–H groups in total. The van der Waals surface area contributed by atoms with Gasteiger partial charge < -0.3 is 14.2 Å². The summed E-state index contributed by atoms with van der Waals surface area (Å²) in [7, 11) is 0. The Morgan fingerprint density at radius 1 is 1.12 bits per heavy atom. The van der Waals surface area contributed by atoms with Gasteiger partial charge in [0.25, 0.3) is 5.90 Å². The molecule has 0 amide bonds. The first-order chi connectivity index (χ1) is 11.7. The molecule has 0 unspecified atom stereocenters. The molecule has 0 fully saturated rings. The number of halogens is 3. The van der Waals surface area contributed by atoms with Gasteiger partial charge in [-0.15, -0.1) is 0 Å². The molecule has 0 saturated heterocycles. The van der Waals surface area contributed by atoms with Crippen molar-refractivity contribution >= 4 is 5.90 Å². The third-order valence-electron chi connectivity index (χ3n) is 3.19. The zero-order valence-corrected chi connectivity index (χ0v) is 14.5. The van der Waals surface area contributed by atoms with Crippen LogP contribution in [0.1, 0.15) is 26.3 Å². The van der Waals surface area contributed by atoms with E-state index in [4.69, 9.17) is 19.6 Å². The maximum atomic E-state index is 12.5. The number of benzene rings is 1. The summed E-state index contributed by atoms with van der Waals surface area (Å²) in [5.74, 6) is -1.61. The van der Waals surface area contributed by atoms with Gasteiger partial charge in [-0.25, -0.2) is 0 Å². The molecule has 2 atom stereocenters. The average molecular weight is 359 g/mol. The predicted molar refractivity (Wildman–Crippen MR) is 89.3 cm³/mol. The summed E-state index contributed by atoms with van der Waals surface area (Å²) in [5.41, 5.74) is 0.963. The number of hydrogen-bond acceptors (Lipinski definition) is 4. The maximum absolute atomic E-state index is 12.5. The van der Waals surface area contributed by atoms with Crippen molar-refractivity contribution in [3.05, 3.63) is 48.0 Å². The molecule has 0 heterocycles. The summed E-state index contributed by atoms with van der Waals surface area (Å²) >= 11 is 0. The van der Waals surface area contributed by atoms with Crippen molar-refractivity contribution in [2.75, 3.05) is 6.79 Å². The Bertz CT molecular complexity index is 544. The third kappa shape index (κ3) is 8.69. The standard InChI is InChI=1S/C18H24F3NO3/c1-13(2)9-10-16(25-17(22)18(19,20)21)14(3)24-12-23-11-15-7-5-4-6-8-15/h4-10,13-14,16,22H,11-12H2,1-3H3/b10-9+,22-17?/t14-,16+/m1/s1. The van der Waals surface area contributed by atoms with E-state index in [1.165, 1.54) is 6.08 Å². The lowest BCUT2D eigenvalue weighted by molar-refractivity contribution is -0.123. The Labute approximate surface area is 146 Å². The van der Waals surface area contributed by atoms with Gasteiger partial charge in [0, 0.05) is 0 Å². The number of alkyl halides is 3. The van der Waals surface area contributed by atoms with Crippen LogP contribution < -0.4 is 0 Å². The van der Waals surface area contributed by atoms with Crippen LogP contribution >= 0.6 is 0 Å². The number of hydrogen-bond donors (Lipinski definition) is 1. The first-order valence-electron chi connectivity index (χ1n) is 7.94. The fourth-order valence-corrected chi connectivity index (χ4v) is 1.81. The highest BCUT2D eigenvalue weighted by molar-refractivity contribution is 5.78. The van der Waals surface area contributed by atoms with Gasteiger partial charge in [-0.2, -0.15) is 13.2 Å². The van der Waals surface area contributed by atoms with Gasteiger partial charge in [0.2, 0.25) is 0 Å². The third-order valence-corrected chi connectivity index (χ3v) is 3.19. The van der Waals surface area contributed by atoms with Crippen molar-refractivity contribution in [1.82, 2.24) is 0 Å². The molecule has 0 aliphatic heterocycles. The van der Waals surface area contributed by atoms with Crippen LogP contribution in [0, 0.1) is 11.3 Å². The Morgan fingerprint density at radius 3 is 2.32 bits per heavy atom. The molecule has 140 valence electrons. The first kappa shape index (κ1) is 21.2. The molecule has 25 heavy (non-hydrogen) atoms. The average Bonchev–Trinajstić information content (AvgIpc) is 2.54. The van der Waals surface area contributed by atoms with Crippen molar-refractivity contribution in [3.63, 3.8) is 0 Å². The van der Waals surface area contributed by atoms with Gasteiger partial charge in [0.15, 0.2) is 0 Å². The van der Waals surface area contributed by atoms with E-state index in [9.17, 15) is 13.2 Å². The molecular formula is C18H24F3NO3. The van der Waals surface area contributed by atoms with Crippen LogP contribution in [0.25, 0.3) is 0 Å². The highest BCUT2D eigenvalue weighted by Gasteiger charge is 2.38. The lowest BCUT2D eigenvalue weighted by atomic mass is 10.1. The van der Waals surface area contributed by atoms with Crippen molar-refractivity contribution in [2.24, 2.45) is 5.92 Å². The number of nitrogens with one attached hydrogen (secondary N) is 1. The maximum Gasteiger partial charge on any atom is 0.467 e. The number of rotatable bonds is 9. The van der Waals surface area contributed by atoms with E-state index in [1.54, 1.807) is 13.0 Å². The second-order valence-corrected chi connectivity index (χ2v) is 5.86. The van der Waals surface area contributed by atoms with Crippen LogP contribution in [-0.2, 0) is 20.8 Å². The van der Waals surface area contributed by atoms with E-state index < -0.39 is 24.3 Å². The van der Waals surface area contributed by atoms with Gasteiger partial charge in [-0.3, -0.25) is 5.41 Å². The van der Waals surface area contributed by atoms with E-state index in [0.29, 0.717) is 6.61 Å². The summed E-state index contributed by atoms with van der Waals surface area (Å²) in [5, 5.41) is 7.01. The SMILES string of the molecule is CC(C)/C=C/[C@H](OC(=N)C(F)(F)F)[C@@H](C)OCOCc1ccccc1. The Kier molecular flexibility index (Phi) is 8.65. The zero-order chi connectivity index (χ0) is 18.9. The molecule has 0 spiro atoms. The van der Waals surface area contributed by atoms with Crippen LogP contribution in [0.3, 0.4) is 0 Å². The molecule has 0 bridgehead atoms. The van der Waals surface area contributed by atoms with E-state index in [0.717, 1.165) is 5.56 Å².